The highest BCUT2D eigenvalue weighted by Gasteiger charge is 2.11. The largest absolute Gasteiger partial charge is 0.394 e. The van der Waals surface area contributed by atoms with Crippen LogP contribution in [0.25, 0.3) is 0 Å². The predicted octanol–water partition coefficient (Wildman–Crippen LogP) is 0.316. The minimum absolute atomic E-state index is 0.0330. The highest BCUT2D eigenvalue weighted by molar-refractivity contribution is 5.76. The first-order chi connectivity index (χ1) is 8.26. The van der Waals surface area contributed by atoms with E-state index in [1.165, 1.54) is 0 Å². The Balaban J connectivity index is 2.41. The zero-order valence-electron chi connectivity index (χ0n) is 10.1. The molecule has 1 amide bonds. The van der Waals surface area contributed by atoms with Crippen molar-refractivity contribution < 1.29 is 9.90 Å². The molecule has 0 aliphatic carbocycles. The van der Waals surface area contributed by atoms with Crippen LogP contribution in [0.5, 0.6) is 0 Å². The van der Waals surface area contributed by atoms with Crippen molar-refractivity contribution in [1.29, 1.82) is 0 Å². The Morgan fingerprint density at radius 2 is 2.06 bits per heavy atom. The Hall–Kier alpha value is -1.39. The number of amides is 1. The van der Waals surface area contributed by atoms with Gasteiger partial charge >= 0.3 is 0 Å². The van der Waals surface area contributed by atoms with Gasteiger partial charge in [0, 0.05) is 13.0 Å². The lowest BCUT2D eigenvalue weighted by Gasteiger charge is -2.16. The molecule has 0 radical (unpaired) electrons. The van der Waals surface area contributed by atoms with E-state index in [1.54, 1.807) is 7.05 Å². The van der Waals surface area contributed by atoms with E-state index in [2.05, 4.69) is 10.6 Å². The average molecular weight is 236 g/mol. The minimum Gasteiger partial charge on any atom is -0.394 e. The van der Waals surface area contributed by atoms with Crippen LogP contribution in [-0.2, 0) is 11.2 Å². The molecule has 1 unspecified atom stereocenters. The fraction of sp³-hybridized carbons (Fsp3) is 0.462. The summed E-state index contributed by atoms with van der Waals surface area (Å²) in [5.74, 6) is -0.0330. The molecule has 0 spiro atoms. The van der Waals surface area contributed by atoms with Gasteiger partial charge < -0.3 is 15.7 Å². The van der Waals surface area contributed by atoms with E-state index < -0.39 is 0 Å². The third-order valence-electron chi connectivity index (χ3n) is 2.51. The molecule has 1 aromatic carbocycles. The monoisotopic (exact) mass is 236 g/mol. The molecule has 1 rings (SSSR count). The van der Waals surface area contributed by atoms with Crippen molar-refractivity contribution in [3.05, 3.63) is 35.9 Å². The Morgan fingerprint density at radius 1 is 1.35 bits per heavy atom. The molecule has 0 bridgehead atoms. The molecule has 1 atom stereocenters. The summed E-state index contributed by atoms with van der Waals surface area (Å²) in [6.07, 6.45) is 1.09. The average Bonchev–Trinajstić information content (AvgIpc) is 2.36. The number of aliphatic hydroxyl groups excluding tert-OH is 1. The van der Waals surface area contributed by atoms with Crippen LogP contribution in [0.1, 0.15) is 12.0 Å². The normalized spacial score (nSPS) is 12.1. The van der Waals surface area contributed by atoms with Gasteiger partial charge in [-0.1, -0.05) is 30.3 Å². The minimum atomic E-state index is -0.207. The van der Waals surface area contributed by atoms with Crippen LogP contribution >= 0.6 is 0 Å². The van der Waals surface area contributed by atoms with Crippen molar-refractivity contribution in [2.45, 2.75) is 18.9 Å². The zero-order chi connectivity index (χ0) is 12.5. The first kappa shape index (κ1) is 13.7. The second-order valence-electron chi connectivity index (χ2n) is 3.99. The summed E-state index contributed by atoms with van der Waals surface area (Å²) < 4.78 is 0. The molecule has 17 heavy (non-hydrogen) atoms. The maximum atomic E-state index is 11.5. The van der Waals surface area contributed by atoms with Crippen LogP contribution in [-0.4, -0.2) is 37.3 Å². The number of nitrogens with one attached hydrogen (secondary N) is 2. The maximum Gasteiger partial charge on any atom is 0.221 e. The molecule has 1 aromatic rings. The molecule has 94 valence electrons. The number of aliphatic hydroxyl groups is 1. The number of carbonyl (C=O) groups is 1. The van der Waals surface area contributed by atoms with Crippen molar-refractivity contribution in [2.24, 2.45) is 0 Å². The lowest BCUT2D eigenvalue weighted by atomic mass is 10.1. The van der Waals surface area contributed by atoms with E-state index in [0.29, 0.717) is 19.4 Å². The van der Waals surface area contributed by atoms with E-state index in [9.17, 15) is 9.90 Å². The summed E-state index contributed by atoms with van der Waals surface area (Å²) in [4.78, 5) is 11.5. The Labute approximate surface area is 102 Å². The predicted molar refractivity (Wildman–Crippen MR) is 67.7 cm³/mol. The van der Waals surface area contributed by atoms with Gasteiger partial charge in [0.2, 0.25) is 5.91 Å². The van der Waals surface area contributed by atoms with E-state index in [4.69, 9.17) is 0 Å². The van der Waals surface area contributed by atoms with Crippen molar-refractivity contribution in [2.75, 3.05) is 20.2 Å². The van der Waals surface area contributed by atoms with Gasteiger partial charge in [-0.15, -0.1) is 0 Å². The molecule has 3 N–H and O–H groups in total. The smallest absolute Gasteiger partial charge is 0.221 e. The number of rotatable bonds is 7. The standard InChI is InChI=1S/C13H20N2O2/c1-14-8-7-13(17)15-12(10-16)9-11-5-3-2-4-6-11/h2-6,12,14,16H,7-10H2,1H3,(H,15,17). The molecular weight excluding hydrogens is 216 g/mol. The molecule has 0 aliphatic heterocycles. The summed E-state index contributed by atoms with van der Waals surface area (Å²) in [5, 5.41) is 15.0. The summed E-state index contributed by atoms with van der Waals surface area (Å²) in [6.45, 7) is 0.607. The van der Waals surface area contributed by atoms with Crippen LogP contribution in [0.3, 0.4) is 0 Å². The molecular formula is C13H20N2O2. The molecule has 0 fully saturated rings. The molecule has 0 aliphatic rings. The lowest BCUT2D eigenvalue weighted by Crippen LogP contribution is -2.39. The summed E-state index contributed by atoms with van der Waals surface area (Å²) in [5.41, 5.74) is 1.11. The van der Waals surface area contributed by atoms with Gasteiger partial charge in [-0.2, -0.15) is 0 Å². The Kier molecular flexibility index (Phi) is 6.29. The van der Waals surface area contributed by atoms with E-state index in [0.717, 1.165) is 5.56 Å². The SMILES string of the molecule is CNCCC(=O)NC(CO)Cc1ccccc1. The second kappa shape index (κ2) is 7.81. The summed E-state index contributed by atoms with van der Waals surface area (Å²) in [7, 11) is 1.81. The van der Waals surface area contributed by atoms with Gasteiger partial charge in [0.25, 0.3) is 0 Å². The highest BCUT2D eigenvalue weighted by atomic mass is 16.3. The van der Waals surface area contributed by atoms with Crippen LogP contribution in [0.15, 0.2) is 30.3 Å². The van der Waals surface area contributed by atoms with Crippen molar-refractivity contribution in [3.63, 3.8) is 0 Å². The Morgan fingerprint density at radius 3 is 2.65 bits per heavy atom. The molecule has 4 heteroatoms. The number of hydrogen-bond acceptors (Lipinski definition) is 3. The fourth-order valence-corrected chi connectivity index (χ4v) is 1.60. The second-order valence-corrected chi connectivity index (χ2v) is 3.99. The lowest BCUT2D eigenvalue weighted by molar-refractivity contribution is -0.122. The zero-order valence-corrected chi connectivity index (χ0v) is 10.1. The van der Waals surface area contributed by atoms with Gasteiger partial charge in [0.1, 0.15) is 0 Å². The van der Waals surface area contributed by atoms with Crippen LogP contribution in [0.2, 0.25) is 0 Å². The molecule has 0 heterocycles. The van der Waals surface area contributed by atoms with Gasteiger partial charge in [0.15, 0.2) is 0 Å². The fourth-order valence-electron chi connectivity index (χ4n) is 1.60. The molecule has 0 aromatic heterocycles. The van der Waals surface area contributed by atoms with Crippen LogP contribution in [0.4, 0.5) is 0 Å². The summed E-state index contributed by atoms with van der Waals surface area (Å²) >= 11 is 0. The number of benzene rings is 1. The third kappa shape index (κ3) is 5.47. The molecule has 4 nitrogen and oxygen atoms in total. The van der Waals surface area contributed by atoms with Crippen LogP contribution < -0.4 is 10.6 Å². The number of hydrogen-bond donors (Lipinski definition) is 3. The van der Waals surface area contributed by atoms with E-state index >= 15 is 0 Å². The van der Waals surface area contributed by atoms with Gasteiger partial charge in [-0.05, 0) is 19.0 Å². The summed E-state index contributed by atoms with van der Waals surface area (Å²) in [6, 6.07) is 9.62. The van der Waals surface area contributed by atoms with Crippen molar-refractivity contribution >= 4 is 5.91 Å². The quantitative estimate of drug-likeness (QED) is 0.639. The number of carbonyl (C=O) groups excluding carboxylic acids is 1. The van der Waals surface area contributed by atoms with Crippen molar-refractivity contribution in [3.8, 4) is 0 Å². The molecule has 0 saturated carbocycles. The Bertz CT molecular complexity index is 327. The van der Waals surface area contributed by atoms with E-state index in [-0.39, 0.29) is 18.6 Å². The topological polar surface area (TPSA) is 61.4 Å². The van der Waals surface area contributed by atoms with Crippen LogP contribution in [0, 0.1) is 0 Å². The van der Waals surface area contributed by atoms with Gasteiger partial charge in [-0.25, -0.2) is 0 Å². The highest BCUT2D eigenvalue weighted by Crippen LogP contribution is 2.02. The van der Waals surface area contributed by atoms with Gasteiger partial charge in [-0.3, -0.25) is 4.79 Å². The first-order valence-electron chi connectivity index (χ1n) is 5.85. The van der Waals surface area contributed by atoms with Crippen molar-refractivity contribution in [1.82, 2.24) is 10.6 Å². The maximum absolute atomic E-state index is 11.5. The van der Waals surface area contributed by atoms with E-state index in [1.807, 2.05) is 30.3 Å². The molecule has 0 saturated heterocycles. The van der Waals surface area contributed by atoms with Gasteiger partial charge in [0.05, 0.1) is 12.6 Å². The third-order valence-corrected chi connectivity index (χ3v) is 2.51. The first-order valence-corrected chi connectivity index (χ1v) is 5.85.